The number of amides is 1. The van der Waals surface area contributed by atoms with Gasteiger partial charge in [0.15, 0.2) is 0 Å². The Kier molecular flexibility index (Phi) is 4.64. The third kappa shape index (κ3) is 3.43. The van der Waals surface area contributed by atoms with Crippen LogP contribution in [0.4, 0.5) is 0 Å². The molecule has 0 aliphatic carbocycles. The Morgan fingerprint density at radius 3 is 2.94 bits per heavy atom. The van der Waals surface area contributed by atoms with Crippen molar-refractivity contribution in [3.63, 3.8) is 0 Å². The van der Waals surface area contributed by atoms with E-state index in [9.17, 15) is 4.79 Å². The first-order valence-corrected chi connectivity index (χ1v) is 5.90. The lowest BCUT2D eigenvalue weighted by Crippen LogP contribution is -2.36. The van der Waals surface area contributed by atoms with Crippen molar-refractivity contribution >= 4 is 23.3 Å². The first-order chi connectivity index (χ1) is 7.54. The van der Waals surface area contributed by atoms with E-state index in [-0.39, 0.29) is 18.6 Å². The van der Waals surface area contributed by atoms with Gasteiger partial charge in [0.2, 0.25) is 5.91 Å². The molecule has 1 aromatic rings. The van der Waals surface area contributed by atoms with Crippen LogP contribution in [-0.2, 0) is 4.79 Å². The Balaban J connectivity index is 2.60. The highest BCUT2D eigenvalue weighted by molar-refractivity contribution is 7.09. The minimum atomic E-state index is -0.172. The normalized spacial score (nSPS) is 13.0. The minimum Gasteiger partial charge on any atom is -0.394 e. The number of likely N-dealkylation sites (N-methyl/N-ethyl adjacent to an activating group) is 1. The van der Waals surface area contributed by atoms with E-state index < -0.39 is 0 Å². The van der Waals surface area contributed by atoms with Crippen molar-refractivity contribution in [3.8, 4) is 0 Å². The average Bonchev–Trinajstić information content (AvgIpc) is 2.69. The fraction of sp³-hybridized carbons (Fsp3) is 0.455. The number of aliphatic hydroxyl groups is 1. The number of rotatable bonds is 4. The van der Waals surface area contributed by atoms with Crippen molar-refractivity contribution in [1.82, 2.24) is 9.88 Å². The van der Waals surface area contributed by atoms with Crippen molar-refractivity contribution in [2.75, 3.05) is 13.7 Å². The molecule has 0 aromatic carbocycles. The Morgan fingerprint density at radius 1 is 1.75 bits per heavy atom. The molecule has 1 rings (SSSR count). The summed E-state index contributed by atoms with van der Waals surface area (Å²) in [5.41, 5.74) is 0.793. The van der Waals surface area contributed by atoms with E-state index in [2.05, 4.69) is 4.98 Å². The fourth-order valence-corrected chi connectivity index (χ4v) is 1.65. The summed E-state index contributed by atoms with van der Waals surface area (Å²) in [6, 6.07) is -0.172. The number of hydrogen-bond acceptors (Lipinski definition) is 4. The molecular weight excluding hydrogens is 224 g/mol. The SMILES string of the molecule is Cc1nc(/C=C/C(=O)N(C)C(C)CO)cs1. The van der Waals surface area contributed by atoms with E-state index in [1.165, 1.54) is 11.0 Å². The van der Waals surface area contributed by atoms with Gasteiger partial charge in [0.25, 0.3) is 0 Å². The number of carbonyl (C=O) groups is 1. The molecule has 1 atom stereocenters. The third-order valence-electron chi connectivity index (χ3n) is 2.31. The smallest absolute Gasteiger partial charge is 0.246 e. The molecule has 0 fully saturated rings. The summed E-state index contributed by atoms with van der Waals surface area (Å²) in [6.07, 6.45) is 3.16. The van der Waals surface area contributed by atoms with Crippen molar-refractivity contribution in [1.29, 1.82) is 0 Å². The summed E-state index contributed by atoms with van der Waals surface area (Å²) in [6.45, 7) is 3.68. The second kappa shape index (κ2) is 5.77. The molecule has 1 unspecified atom stereocenters. The predicted molar refractivity (Wildman–Crippen MR) is 65.2 cm³/mol. The molecule has 0 bridgehead atoms. The summed E-state index contributed by atoms with van der Waals surface area (Å²) < 4.78 is 0. The lowest BCUT2D eigenvalue weighted by Gasteiger charge is -2.21. The average molecular weight is 240 g/mol. The van der Waals surface area contributed by atoms with Crippen LogP contribution in [-0.4, -0.2) is 40.6 Å². The van der Waals surface area contributed by atoms with Crippen LogP contribution >= 0.6 is 11.3 Å². The monoisotopic (exact) mass is 240 g/mol. The Labute approximate surface area is 99.2 Å². The maximum absolute atomic E-state index is 11.6. The van der Waals surface area contributed by atoms with Gasteiger partial charge in [-0.3, -0.25) is 4.79 Å². The van der Waals surface area contributed by atoms with Gasteiger partial charge >= 0.3 is 0 Å². The number of carbonyl (C=O) groups excluding carboxylic acids is 1. The van der Waals surface area contributed by atoms with Crippen LogP contribution in [0.25, 0.3) is 6.08 Å². The molecule has 88 valence electrons. The largest absolute Gasteiger partial charge is 0.394 e. The first-order valence-electron chi connectivity index (χ1n) is 5.02. The highest BCUT2D eigenvalue weighted by atomic mass is 32.1. The van der Waals surface area contributed by atoms with E-state index in [1.807, 2.05) is 12.3 Å². The molecule has 1 aromatic heterocycles. The molecule has 0 aliphatic heterocycles. The van der Waals surface area contributed by atoms with Gasteiger partial charge in [0, 0.05) is 18.5 Å². The molecular formula is C11H16N2O2S. The Hall–Kier alpha value is -1.20. The van der Waals surface area contributed by atoms with E-state index in [0.29, 0.717) is 0 Å². The number of aromatic nitrogens is 1. The van der Waals surface area contributed by atoms with Crippen molar-refractivity contribution in [2.45, 2.75) is 19.9 Å². The molecule has 16 heavy (non-hydrogen) atoms. The quantitative estimate of drug-likeness (QED) is 0.807. The minimum absolute atomic E-state index is 0.0358. The fourth-order valence-electron chi connectivity index (χ4n) is 1.07. The van der Waals surface area contributed by atoms with E-state index in [0.717, 1.165) is 10.7 Å². The number of hydrogen-bond donors (Lipinski definition) is 1. The van der Waals surface area contributed by atoms with E-state index in [4.69, 9.17) is 5.11 Å². The van der Waals surface area contributed by atoms with Crippen LogP contribution in [0.1, 0.15) is 17.6 Å². The summed E-state index contributed by atoms with van der Waals surface area (Å²) >= 11 is 1.55. The number of nitrogens with zero attached hydrogens (tertiary/aromatic N) is 2. The molecule has 5 heteroatoms. The van der Waals surface area contributed by atoms with Crippen LogP contribution in [0.15, 0.2) is 11.5 Å². The molecule has 1 amide bonds. The lowest BCUT2D eigenvalue weighted by atomic mass is 10.3. The standard InChI is InChI=1S/C11H16N2O2S/c1-8(6-14)13(3)11(15)5-4-10-7-16-9(2)12-10/h4-5,7-8,14H,6H2,1-3H3/b5-4+. The van der Waals surface area contributed by atoms with Crippen molar-refractivity contribution < 1.29 is 9.90 Å². The van der Waals surface area contributed by atoms with Crippen molar-refractivity contribution in [2.24, 2.45) is 0 Å². The van der Waals surface area contributed by atoms with Crippen LogP contribution in [0.3, 0.4) is 0 Å². The highest BCUT2D eigenvalue weighted by Gasteiger charge is 2.11. The molecule has 0 aliphatic rings. The summed E-state index contributed by atoms with van der Waals surface area (Å²) in [5.74, 6) is -0.132. The van der Waals surface area contributed by atoms with Crippen LogP contribution in [0.2, 0.25) is 0 Å². The topological polar surface area (TPSA) is 53.4 Å². The zero-order chi connectivity index (χ0) is 12.1. The summed E-state index contributed by atoms with van der Waals surface area (Å²) in [7, 11) is 1.67. The molecule has 0 spiro atoms. The summed E-state index contributed by atoms with van der Waals surface area (Å²) in [5, 5.41) is 11.8. The van der Waals surface area contributed by atoms with Gasteiger partial charge in [0.05, 0.1) is 23.4 Å². The second-order valence-electron chi connectivity index (χ2n) is 3.61. The van der Waals surface area contributed by atoms with Gasteiger partial charge in [0.1, 0.15) is 0 Å². The third-order valence-corrected chi connectivity index (χ3v) is 3.10. The van der Waals surface area contributed by atoms with E-state index >= 15 is 0 Å². The number of aliphatic hydroxyl groups excluding tert-OH is 1. The maximum atomic E-state index is 11.6. The van der Waals surface area contributed by atoms with Gasteiger partial charge < -0.3 is 10.0 Å². The Morgan fingerprint density at radius 2 is 2.44 bits per heavy atom. The molecule has 0 radical (unpaired) electrons. The van der Waals surface area contributed by atoms with Crippen LogP contribution < -0.4 is 0 Å². The second-order valence-corrected chi connectivity index (χ2v) is 4.67. The van der Waals surface area contributed by atoms with Gasteiger partial charge in [-0.2, -0.15) is 0 Å². The Bertz CT molecular complexity index is 387. The predicted octanol–water partition coefficient (Wildman–Crippen LogP) is 1.30. The van der Waals surface area contributed by atoms with Gasteiger partial charge in [-0.1, -0.05) is 0 Å². The van der Waals surface area contributed by atoms with Gasteiger partial charge in [-0.25, -0.2) is 4.98 Å². The lowest BCUT2D eigenvalue weighted by molar-refractivity contribution is -0.127. The number of aryl methyl sites for hydroxylation is 1. The molecule has 1 heterocycles. The molecule has 1 N–H and O–H groups in total. The van der Waals surface area contributed by atoms with Gasteiger partial charge in [-0.05, 0) is 19.9 Å². The molecule has 4 nitrogen and oxygen atoms in total. The van der Waals surface area contributed by atoms with Crippen molar-refractivity contribution in [3.05, 3.63) is 22.2 Å². The van der Waals surface area contributed by atoms with Gasteiger partial charge in [-0.15, -0.1) is 11.3 Å². The zero-order valence-electron chi connectivity index (χ0n) is 9.67. The molecule has 0 saturated heterocycles. The van der Waals surface area contributed by atoms with E-state index in [1.54, 1.807) is 31.4 Å². The maximum Gasteiger partial charge on any atom is 0.246 e. The number of thiazole rings is 1. The first kappa shape index (κ1) is 12.9. The molecule has 0 saturated carbocycles. The van der Waals surface area contributed by atoms with Crippen LogP contribution in [0.5, 0.6) is 0 Å². The van der Waals surface area contributed by atoms with Crippen LogP contribution in [0, 0.1) is 6.92 Å². The highest BCUT2D eigenvalue weighted by Crippen LogP contribution is 2.09. The summed E-state index contributed by atoms with van der Waals surface area (Å²) in [4.78, 5) is 17.3. The zero-order valence-corrected chi connectivity index (χ0v) is 10.5.